The molecule has 2 aromatic rings. The van der Waals surface area contributed by atoms with Crippen LogP contribution in [0.5, 0.6) is 0 Å². The lowest BCUT2D eigenvalue weighted by Crippen LogP contribution is -2.07. The minimum atomic E-state index is -3.68. The Labute approximate surface area is 136 Å². The molecule has 23 heavy (non-hydrogen) atoms. The van der Waals surface area contributed by atoms with Crippen LogP contribution in [0.25, 0.3) is 0 Å². The van der Waals surface area contributed by atoms with Gasteiger partial charge in [-0.2, -0.15) is 18.6 Å². The number of anilines is 1. The lowest BCUT2D eigenvalue weighted by atomic mass is 10.3. The number of rotatable bonds is 6. The molecule has 0 amide bonds. The molecule has 6 nitrogen and oxygen atoms in total. The van der Waals surface area contributed by atoms with Gasteiger partial charge in [-0.3, -0.25) is 4.18 Å². The van der Waals surface area contributed by atoms with E-state index in [4.69, 9.17) is 4.18 Å². The van der Waals surface area contributed by atoms with Crippen molar-refractivity contribution in [3.8, 4) is 0 Å². The van der Waals surface area contributed by atoms with Gasteiger partial charge in [0.05, 0.1) is 22.9 Å². The average Bonchev–Trinajstić information content (AvgIpc) is 2.53. The highest BCUT2D eigenvalue weighted by atomic mass is 32.2. The molecule has 122 valence electrons. The van der Waals surface area contributed by atoms with Gasteiger partial charge in [0.25, 0.3) is 10.1 Å². The summed E-state index contributed by atoms with van der Waals surface area (Å²) in [5, 5.41) is 8.23. The van der Waals surface area contributed by atoms with Crippen LogP contribution in [-0.2, 0) is 14.3 Å². The first-order valence-electron chi connectivity index (χ1n) is 7.11. The Morgan fingerprint density at radius 3 is 1.83 bits per heavy atom. The Morgan fingerprint density at radius 2 is 1.39 bits per heavy atom. The monoisotopic (exact) mass is 333 g/mol. The minimum absolute atomic E-state index is 0.104. The van der Waals surface area contributed by atoms with Crippen molar-refractivity contribution in [2.24, 2.45) is 10.2 Å². The second-order valence-corrected chi connectivity index (χ2v) is 6.58. The standard InChI is InChI=1S/C16H19N3O3S/c1-4-22-23(20,21)16-11-7-14(8-12-16)18-17-13-5-9-15(10-6-13)19(2)3/h5-12H,4H2,1-3H3. The van der Waals surface area contributed by atoms with Crippen LogP contribution in [0, 0.1) is 0 Å². The molecule has 0 heterocycles. The first kappa shape index (κ1) is 17.1. The van der Waals surface area contributed by atoms with Gasteiger partial charge in [-0.15, -0.1) is 0 Å². The molecule has 0 aliphatic carbocycles. The SMILES string of the molecule is CCOS(=O)(=O)c1ccc(N=Nc2ccc(N(C)C)cc2)cc1. The predicted octanol–water partition coefficient (Wildman–Crippen LogP) is 3.89. The van der Waals surface area contributed by atoms with E-state index in [-0.39, 0.29) is 11.5 Å². The fourth-order valence-corrected chi connectivity index (χ4v) is 2.75. The van der Waals surface area contributed by atoms with Crippen molar-refractivity contribution >= 4 is 27.2 Å². The normalized spacial score (nSPS) is 11.8. The number of azo groups is 1. The van der Waals surface area contributed by atoms with E-state index in [2.05, 4.69) is 10.2 Å². The molecular formula is C16H19N3O3S. The van der Waals surface area contributed by atoms with Crippen molar-refractivity contribution in [2.45, 2.75) is 11.8 Å². The summed E-state index contributed by atoms with van der Waals surface area (Å²) >= 11 is 0. The summed E-state index contributed by atoms with van der Waals surface area (Å²) in [5.41, 5.74) is 2.37. The molecular weight excluding hydrogens is 314 g/mol. The fourth-order valence-electron chi connectivity index (χ4n) is 1.84. The van der Waals surface area contributed by atoms with Crippen LogP contribution in [0.4, 0.5) is 17.1 Å². The van der Waals surface area contributed by atoms with Gasteiger partial charge in [0.1, 0.15) is 0 Å². The zero-order valence-electron chi connectivity index (χ0n) is 13.3. The first-order chi connectivity index (χ1) is 10.9. The molecule has 2 rings (SSSR count). The van der Waals surface area contributed by atoms with E-state index in [9.17, 15) is 8.42 Å². The summed E-state index contributed by atoms with van der Waals surface area (Å²) in [5.74, 6) is 0. The second kappa shape index (κ2) is 7.34. The van der Waals surface area contributed by atoms with E-state index in [0.29, 0.717) is 5.69 Å². The van der Waals surface area contributed by atoms with E-state index in [1.165, 1.54) is 12.1 Å². The molecule has 0 radical (unpaired) electrons. The summed E-state index contributed by atoms with van der Waals surface area (Å²) in [6.45, 7) is 1.73. The molecule has 0 spiro atoms. The molecule has 7 heteroatoms. The van der Waals surface area contributed by atoms with E-state index < -0.39 is 10.1 Å². The third kappa shape index (κ3) is 4.61. The van der Waals surface area contributed by atoms with Crippen LogP contribution in [0.1, 0.15) is 6.92 Å². The van der Waals surface area contributed by atoms with Crippen molar-refractivity contribution in [1.29, 1.82) is 0 Å². The Bertz CT molecular complexity index is 767. The maximum absolute atomic E-state index is 11.7. The molecule has 0 bridgehead atoms. The molecule has 0 aromatic heterocycles. The Hall–Kier alpha value is -2.25. The molecule has 0 saturated heterocycles. The van der Waals surface area contributed by atoms with Crippen molar-refractivity contribution in [3.63, 3.8) is 0 Å². The van der Waals surface area contributed by atoms with Gasteiger partial charge >= 0.3 is 0 Å². The van der Waals surface area contributed by atoms with Crippen LogP contribution in [-0.4, -0.2) is 29.1 Å². The van der Waals surface area contributed by atoms with Gasteiger partial charge < -0.3 is 4.90 Å². The highest BCUT2D eigenvalue weighted by Gasteiger charge is 2.13. The number of hydrogen-bond acceptors (Lipinski definition) is 6. The molecule has 0 atom stereocenters. The topological polar surface area (TPSA) is 71.3 Å². The lowest BCUT2D eigenvalue weighted by molar-refractivity contribution is 0.338. The first-order valence-corrected chi connectivity index (χ1v) is 8.52. The molecule has 0 saturated carbocycles. The fraction of sp³-hybridized carbons (Fsp3) is 0.250. The van der Waals surface area contributed by atoms with Crippen molar-refractivity contribution in [2.75, 3.05) is 25.6 Å². The number of nitrogens with zero attached hydrogens (tertiary/aromatic N) is 3. The largest absolute Gasteiger partial charge is 0.378 e. The Morgan fingerprint density at radius 1 is 0.913 bits per heavy atom. The molecule has 0 aliphatic heterocycles. The summed E-state index contributed by atoms with van der Waals surface area (Å²) in [4.78, 5) is 2.10. The molecule has 0 fully saturated rings. The smallest absolute Gasteiger partial charge is 0.296 e. The highest BCUT2D eigenvalue weighted by molar-refractivity contribution is 7.86. The summed E-state index contributed by atoms with van der Waals surface area (Å²) in [7, 11) is 0.249. The second-order valence-electron chi connectivity index (χ2n) is 4.97. The van der Waals surface area contributed by atoms with Gasteiger partial charge in [0.15, 0.2) is 0 Å². The molecule has 0 aliphatic rings. The van der Waals surface area contributed by atoms with Gasteiger partial charge in [0, 0.05) is 19.8 Å². The zero-order valence-corrected chi connectivity index (χ0v) is 14.1. The Balaban J connectivity index is 2.11. The van der Waals surface area contributed by atoms with Crippen LogP contribution < -0.4 is 4.90 Å². The van der Waals surface area contributed by atoms with Crippen molar-refractivity contribution < 1.29 is 12.6 Å². The minimum Gasteiger partial charge on any atom is -0.378 e. The average molecular weight is 333 g/mol. The summed E-state index contributed by atoms with van der Waals surface area (Å²) in [6.07, 6.45) is 0. The van der Waals surface area contributed by atoms with Gasteiger partial charge in [0.2, 0.25) is 0 Å². The predicted molar refractivity (Wildman–Crippen MR) is 90.2 cm³/mol. The Kier molecular flexibility index (Phi) is 5.46. The van der Waals surface area contributed by atoms with E-state index in [1.54, 1.807) is 19.1 Å². The van der Waals surface area contributed by atoms with E-state index in [1.807, 2.05) is 43.3 Å². The number of benzene rings is 2. The van der Waals surface area contributed by atoms with Crippen molar-refractivity contribution in [1.82, 2.24) is 0 Å². The molecule has 0 N–H and O–H groups in total. The van der Waals surface area contributed by atoms with E-state index in [0.717, 1.165) is 11.4 Å². The molecule has 2 aromatic carbocycles. The van der Waals surface area contributed by atoms with Crippen molar-refractivity contribution in [3.05, 3.63) is 48.5 Å². The van der Waals surface area contributed by atoms with E-state index >= 15 is 0 Å². The quantitative estimate of drug-likeness (QED) is 0.594. The van der Waals surface area contributed by atoms with Crippen LogP contribution >= 0.6 is 0 Å². The van der Waals surface area contributed by atoms with Gasteiger partial charge in [-0.25, -0.2) is 0 Å². The zero-order chi connectivity index (χ0) is 16.9. The lowest BCUT2D eigenvalue weighted by Gasteiger charge is -2.11. The van der Waals surface area contributed by atoms with Crippen LogP contribution in [0.15, 0.2) is 63.7 Å². The summed E-state index contributed by atoms with van der Waals surface area (Å²) in [6, 6.07) is 13.7. The van der Waals surface area contributed by atoms with Gasteiger partial charge in [-0.1, -0.05) is 0 Å². The molecule has 0 unspecified atom stereocenters. The maximum Gasteiger partial charge on any atom is 0.296 e. The van der Waals surface area contributed by atoms with Crippen LogP contribution in [0.3, 0.4) is 0 Å². The highest BCUT2D eigenvalue weighted by Crippen LogP contribution is 2.22. The number of hydrogen-bond donors (Lipinski definition) is 0. The van der Waals surface area contributed by atoms with Crippen LogP contribution in [0.2, 0.25) is 0 Å². The third-order valence-corrected chi connectivity index (χ3v) is 4.44. The third-order valence-electron chi connectivity index (χ3n) is 3.05. The van der Waals surface area contributed by atoms with Gasteiger partial charge in [-0.05, 0) is 55.5 Å². The maximum atomic E-state index is 11.7. The summed E-state index contributed by atoms with van der Waals surface area (Å²) < 4.78 is 28.2.